The number of fused-ring (bicyclic) bond motifs is 1. The molecule has 19 heavy (non-hydrogen) atoms. The van der Waals surface area contributed by atoms with Crippen molar-refractivity contribution >= 4 is 43.0 Å². The Morgan fingerprint density at radius 1 is 1.11 bits per heavy atom. The first kappa shape index (κ1) is 13.1. The Balaban J connectivity index is 2.08. The molecule has 3 rings (SSSR count). The van der Waals surface area contributed by atoms with E-state index in [2.05, 4.69) is 20.8 Å². The van der Waals surface area contributed by atoms with Crippen molar-refractivity contribution in [2.45, 2.75) is 25.7 Å². The monoisotopic (exact) mass is 337 g/mol. The lowest BCUT2D eigenvalue weighted by Gasteiger charge is -2.21. The summed E-state index contributed by atoms with van der Waals surface area (Å²) in [5.41, 5.74) is 1.06. The van der Waals surface area contributed by atoms with E-state index in [9.17, 15) is 4.79 Å². The summed E-state index contributed by atoms with van der Waals surface area (Å²) in [7, 11) is 0. The number of hydrogen-bond donors (Lipinski definition) is 0. The van der Waals surface area contributed by atoms with Gasteiger partial charge in [-0.3, -0.25) is 4.79 Å². The zero-order valence-corrected chi connectivity index (χ0v) is 13.1. The third kappa shape index (κ3) is 2.70. The summed E-state index contributed by atoms with van der Waals surface area (Å²) in [6.45, 7) is 2.03. The minimum atomic E-state index is 0.178. The van der Waals surface area contributed by atoms with Gasteiger partial charge in [-0.25, -0.2) is 0 Å². The van der Waals surface area contributed by atoms with Crippen LogP contribution in [-0.2, 0) is 0 Å². The molecule has 2 heterocycles. The van der Waals surface area contributed by atoms with Gasteiger partial charge in [0.2, 0.25) is 5.43 Å². The van der Waals surface area contributed by atoms with Crippen LogP contribution in [0.4, 0.5) is 5.69 Å². The molecule has 2 aromatic rings. The van der Waals surface area contributed by atoms with Crippen molar-refractivity contribution in [1.82, 2.24) is 0 Å². The minimum absolute atomic E-state index is 0.178. The summed E-state index contributed by atoms with van der Waals surface area (Å²) in [6.07, 6.45) is 4.96. The van der Waals surface area contributed by atoms with E-state index in [0.717, 1.165) is 33.3 Å². The summed E-state index contributed by atoms with van der Waals surface area (Å²) in [5, 5.41) is 2.87. The summed E-state index contributed by atoms with van der Waals surface area (Å²) in [6, 6.07) is 5.94. The highest BCUT2D eigenvalue weighted by Crippen LogP contribution is 2.25. The molecule has 1 aromatic carbocycles. The van der Waals surface area contributed by atoms with E-state index in [1.807, 2.05) is 23.6 Å². The molecule has 100 valence electrons. The van der Waals surface area contributed by atoms with Crippen LogP contribution in [-0.4, -0.2) is 13.1 Å². The molecule has 0 N–H and O–H groups in total. The molecule has 1 aromatic heterocycles. The van der Waals surface area contributed by atoms with Gasteiger partial charge >= 0.3 is 0 Å². The maximum Gasteiger partial charge on any atom is 0.211 e. The summed E-state index contributed by atoms with van der Waals surface area (Å²) in [4.78, 5) is 14.9. The Morgan fingerprint density at radius 3 is 2.58 bits per heavy atom. The first-order chi connectivity index (χ1) is 9.25. The highest BCUT2D eigenvalue weighted by Gasteiger charge is 2.14. The average molecular weight is 338 g/mol. The van der Waals surface area contributed by atoms with E-state index < -0.39 is 0 Å². The van der Waals surface area contributed by atoms with Crippen molar-refractivity contribution in [1.29, 1.82) is 0 Å². The van der Waals surface area contributed by atoms with Crippen LogP contribution in [0.1, 0.15) is 25.7 Å². The Morgan fingerprint density at radius 2 is 1.84 bits per heavy atom. The molecule has 0 saturated carbocycles. The van der Waals surface area contributed by atoms with Crippen LogP contribution in [0.2, 0.25) is 0 Å². The van der Waals surface area contributed by atoms with E-state index in [1.165, 1.54) is 25.7 Å². The van der Waals surface area contributed by atoms with Gasteiger partial charge in [-0.15, -0.1) is 11.3 Å². The van der Waals surface area contributed by atoms with Gasteiger partial charge in [-0.1, -0.05) is 28.8 Å². The maximum absolute atomic E-state index is 12.6. The van der Waals surface area contributed by atoms with Crippen LogP contribution < -0.4 is 10.3 Å². The molecule has 0 atom stereocenters. The molecule has 1 fully saturated rings. The van der Waals surface area contributed by atoms with Gasteiger partial charge in [0.1, 0.15) is 0 Å². The molecule has 0 bridgehead atoms. The van der Waals surface area contributed by atoms with Crippen molar-refractivity contribution in [3.63, 3.8) is 0 Å². The first-order valence-corrected chi connectivity index (χ1v) is 8.39. The Kier molecular flexibility index (Phi) is 3.89. The number of nitrogens with zero attached hydrogens (tertiary/aromatic N) is 1. The Bertz CT molecular complexity index is 644. The molecular weight excluding hydrogens is 322 g/mol. The van der Waals surface area contributed by atoms with Crippen molar-refractivity contribution in [2.75, 3.05) is 18.0 Å². The predicted octanol–water partition coefficient (Wildman–Crippen LogP) is 4.40. The number of anilines is 1. The molecule has 0 aliphatic carbocycles. The second-order valence-corrected chi connectivity index (χ2v) is 6.82. The number of rotatable bonds is 1. The fourth-order valence-electron chi connectivity index (χ4n) is 2.62. The molecule has 0 spiro atoms. The quantitative estimate of drug-likeness (QED) is 0.768. The zero-order chi connectivity index (χ0) is 13.2. The van der Waals surface area contributed by atoms with Crippen LogP contribution in [0.25, 0.3) is 10.1 Å². The third-order valence-electron chi connectivity index (χ3n) is 3.66. The Hall–Kier alpha value is -0.870. The molecule has 1 saturated heterocycles. The molecule has 2 nitrogen and oxygen atoms in total. The van der Waals surface area contributed by atoms with E-state index >= 15 is 0 Å². The predicted molar refractivity (Wildman–Crippen MR) is 86.5 cm³/mol. The van der Waals surface area contributed by atoms with Crippen molar-refractivity contribution in [3.8, 4) is 0 Å². The SMILES string of the molecule is O=c1c(N2CCCCCC2)csc2ccc(Br)cc12. The van der Waals surface area contributed by atoms with E-state index in [4.69, 9.17) is 0 Å². The largest absolute Gasteiger partial charge is 0.368 e. The van der Waals surface area contributed by atoms with E-state index in [-0.39, 0.29) is 5.43 Å². The maximum atomic E-state index is 12.6. The minimum Gasteiger partial charge on any atom is -0.368 e. The van der Waals surface area contributed by atoms with Crippen LogP contribution in [0.15, 0.2) is 32.8 Å². The van der Waals surface area contributed by atoms with Gasteiger partial charge in [-0.2, -0.15) is 0 Å². The highest BCUT2D eigenvalue weighted by atomic mass is 79.9. The van der Waals surface area contributed by atoms with Crippen molar-refractivity contribution in [2.24, 2.45) is 0 Å². The molecule has 0 radical (unpaired) electrons. The normalized spacial score (nSPS) is 16.6. The first-order valence-electron chi connectivity index (χ1n) is 6.72. The molecule has 0 unspecified atom stereocenters. The molecule has 4 heteroatoms. The summed E-state index contributed by atoms with van der Waals surface area (Å²) >= 11 is 5.12. The lowest BCUT2D eigenvalue weighted by Crippen LogP contribution is -2.28. The standard InChI is InChI=1S/C15H16BrNOS/c16-11-5-6-14-12(9-11)15(18)13(10-19-14)17-7-3-1-2-4-8-17/h5-6,9-10H,1-4,7-8H2. The number of benzene rings is 1. The van der Waals surface area contributed by atoms with E-state index in [0.29, 0.717) is 0 Å². The topological polar surface area (TPSA) is 20.3 Å². The van der Waals surface area contributed by atoms with Gasteiger partial charge < -0.3 is 4.90 Å². The molecular formula is C15H16BrNOS. The number of hydrogen-bond acceptors (Lipinski definition) is 3. The van der Waals surface area contributed by atoms with Crippen LogP contribution in [0, 0.1) is 0 Å². The van der Waals surface area contributed by atoms with Gasteiger partial charge in [0.15, 0.2) is 0 Å². The van der Waals surface area contributed by atoms with Gasteiger partial charge in [-0.05, 0) is 31.0 Å². The van der Waals surface area contributed by atoms with Crippen molar-refractivity contribution in [3.05, 3.63) is 38.3 Å². The summed E-state index contributed by atoms with van der Waals surface area (Å²) < 4.78 is 2.03. The van der Waals surface area contributed by atoms with Crippen LogP contribution in [0.3, 0.4) is 0 Å². The fourth-order valence-corrected chi connectivity index (χ4v) is 3.90. The summed E-state index contributed by atoms with van der Waals surface area (Å²) in [5.74, 6) is 0. The fraction of sp³-hybridized carbons (Fsp3) is 0.400. The lowest BCUT2D eigenvalue weighted by molar-refractivity contribution is 0.726. The van der Waals surface area contributed by atoms with E-state index in [1.54, 1.807) is 11.3 Å². The average Bonchev–Trinajstić information content (AvgIpc) is 2.69. The van der Waals surface area contributed by atoms with Crippen LogP contribution in [0.5, 0.6) is 0 Å². The van der Waals surface area contributed by atoms with Crippen molar-refractivity contribution < 1.29 is 0 Å². The highest BCUT2D eigenvalue weighted by molar-refractivity contribution is 9.10. The Labute approximate surface area is 125 Å². The van der Waals surface area contributed by atoms with Gasteiger partial charge in [0.05, 0.1) is 5.69 Å². The van der Waals surface area contributed by atoms with Gasteiger partial charge in [0, 0.05) is 33.0 Å². The zero-order valence-electron chi connectivity index (χ0n) is 10.7. The lowest BCUT2D eigenvalue weighted by atomic mass is 10.2. The third-order valence-corrected chi connectivity index (χ3v) is 5.11. The van der Waals surface area contributed by atoms with Gasteiger partial charge in [0.25, 0.3) is 0 Å². The smallest absolute Gasteiger partial charge is 0.211 e. The molecule has 1 aliphatic heterocycles. The van der Waals surface area contributed by atoms with Crippen LogP contribution >= 0.6 is 27.3 Å². The molecule has 0 amide bonds. The second-order valence-electron chi connectivity index (χ2n) is 4.99. The second kappa shape index (κ2) is 5.63. The number of halogens is 1. The molecule has 1 aliphatic rings.